The molecule has 3 aromatic rings. The largest absolute Gasteiger partial charge is 0.462 e. The summed E-state index contributed by atoms with van der Waals surface area (Å²) in [6, 6.07) is 20.6. The predicted octanol–water partition coefficient (Wildman–Crippen LogP) is 5.42. The number of nitrogens with one attached hydrogen (secondary N) is 1. The first kappa shape index (κ1) is 26.1. The van der Waals surface area contributed by atoms with Crippen molar-refractivity contribution < 1.29 is 23.9 Å². The highest BCUT2D eigenvalue weighted by Crippen LogP contribution is 2.36. The van der Waals surface area contributed by atoms with Crippen LogP contribution in [0, 0.1) is 0 Å². The van der Waals surface area contributed by atoms with Crippen LogP contribution < -0.4 is 10.2 Å². The van der Waals surface area contributed by atoms with Crippen LogP contribution in [0.1, 0.15) is 53.8 Å². The number of benzene rings is 3. The minimum Gasteiger partial charge on any atom is -0.462 e. The zero-order valence-corrected chi connectivity index (χ0v) is 21.4. The van der Waals surface area contributed by atoms with Gasteiger partial charge in [-0.3, -0.25) is 24.6 Å². The molecule has 3 amide bonds. The number of ether oxygens (including phenoxy) is 1. The fraction of sp³-hybridized carbons (Fsp3) is 0.241. The van der Waals surface area contributed by atoms with Gasteiger partial charge in [-0.1, -0.05) is 48.9 Å². The monoisotopic (exact) mass is 518 g/mol. The molecule has 0 aliphatic carbocycles. The summed E-state index contributed by atoms with van der Waals surface area (Å²) in [5, 5.41) is 2.85. The summed E-state index contributed by atoms with van der Waals surface area (Å²) in [7, 11) is 0. The van der Waals surface area contributed by atoms with Crippen molar-refractivity contribution in [3.05, 3.63) is 88.9 Å². The van der Waals surface area contributed by atoms with Crippen LogP contribution in [0.25, 0.3) is 11.1 Å². The van der Waals surface area contributed by atoms with Gasteiger partial charge in [0.1, 0.15) is 5.54 Å². The van der Waals surface area contributed by atoms with E-state index in [0.29, 0.717) is 39.4 Å². The van der Waals surface area contributed by atoms with Crippen LogP contribution >= 0.6 is 11.6 Å². The van der Waals surface area contributed by atoms with E-state index in [0.717, 1.165) is 0 Å². The first-order valence-corrected chi connectivity index (χ1v) is 12.5. The Hall–Kier alpha value is -3.97. The number of nitrogens with zero attached hydrogens (tertiary/aromatic N) is 1. The Kier molecular flexibility index (Phi) is 7.74. The number of para-hydroxylation sites is 1. The standard InChI is InChI=1S/C29H27ClN2O5/c1-3-29(17-16-25(33)31-28(29)36)32(22-8-6-5-7-9-22)26(34)21-14-15-24(30)23(18-21)19-10-12-20(13-11-19)27(35)37-4-2/h5-15,18H,3-4,16-17H2,1-2H3,(H,31,33,36). The maximum Gasteiger partial charge on any atom is 0.338 e. The fourth-order valence-corrected chi connectivity index (χ4v) is 4.82. The van der Waals surface area contributed by atoms with Crippen LogP contribution in [0.15, 0.2) is 72.8 Å². The van der Waals surface area contributed by atoms with Gasteiger partial charge >= 0.3 is 5.97 Å². The van der Waals surface area contributed by atoms with E-state index < -0.39 is 23.3 Å². The molecule has 190 valence electrons. The van der Waals surface area contributed by atoms with Gasteiger partial charge in [0, 0.05) is 28.3 Å². The van der Waals surface area contributed by atoms with Gasteiger partial charge in [0.15, 0.2) is 0 Å². The number of hydrogen-bond donors (Lipinski definition) is 1. The van der Waals surface area contributed by atoms with Gasteiger partial charge in [-0.2, -0.15) is 0 Å². The van der Waals surface area contributed by atoms with Crippen LogP contribution in [-0.4, -0.2) is 35.8 Å². The SMILES string of the molecule is CCOC(=O)c1ccc(-c2cc(C(=O)N(c3ccccc3)C3(CC)CCC(=O)NC3=O)ccc2Cl)cc1. The molecule has 0 radical (unpaired) electrons. The minimum absolute atomic E-state index is 0.134. The molecule has 4 rings (SSSR count). The van der Waals surface area contributed by atoms with E-state index in [4.69, 9.17) is 16.3 Å². The number of carbonyl (C=O) groups is 4. The molecule has 1 aliphatic heterocycles. The summed E-state index contributed by atoms with van der Waals surface area (Å²) in [4.78, 5) is 52.7. The molecule has 0 aromatic heterocycles. The van der Waals surface area contributed by atoms with Crippen molar-refractivity contribution in [1.82, 2.24) is 5.32 Å². The molecular weight excluding hydrogens is 492 g/mol. The molecule has 1 heterocycles. The number of carbonyl (C=O) groups excluding carboxylic acids is 4. The number of halogens is 1. The molecular formula is C29H27ClN2O5. The third-order valence-corrected chi connectivity index (χ3v) is 6.92. The Morgan fingerprint density at radius 1 is 0.973 bits per heavy atom. The van der Waals surface area contributed by atoms with E-state index in [2.05, 4.69) is 5.32 Å². The van der Waals surface area contributed by atoms with Crippen LogP contribution in [0.5, 0.6) is 0 Å². The molecule has 1 aliphatic rings. The second-order valence-corrected chi connectivity index (χ2v) is 9.14. The highest BCUT2D eigenvalue weighted by molar-refractivity contribution is 6.33. The van der Waals surface area contributed by atoms with E-state index in [9.17, 15) is 19.2 Å². The number of hydrogen-bond acceptors (Lipinski definition) is 5. The average molecular weight is 519 g/mol. The molecule has 8 heteroatoms. The lowest BCUT2D eigenvalue weighted by Crippen LogP contribution is -2.64. The number of rotatable bonds is 7. The summed E-state index contributed by atoms with van der Waals surface area (Å²) in [5.74, 6) is -1.66. The van der Waals surface area contributed by atoms with Gasteiger partial charge in [-0.05, 0) is 67.8 Å². The Labute approximate surface area is 220 Å². The number of amides is 3. The second-order valence-electron chi connectivity index (χ2n) is 8.73. The molecule has 0 saturated carbocycles. The van der Waals surface area contributed by atoms with Crippen LogP contribution in [0.2, 0.25) is 5.02 Å². The Bertz CT molecular complexity index is 1340. The number of piperidine rings is 1. The summed E-state index contributed by atoms with van der Waals surface area (Å²) in [6.45, 7) is 3.85. The van der Waals surface area contributed by atoms with Gasteiger partial charge in [0.25, 0.3) is 11.8 Å². The lowest BCUT2D eigenvalue weighted by molar-refractivity contribution is -0.137. The van der Waals surface area contributed by atoms with Crippen molar-refractivity contribution in [2.45, 2.75) is 38.6 Å². The minimum atomic E-state index is -1.23. The highest BCUT2D eigenvalue weighted by Gasteiger charge is 2.49. The number of esters is 1. The molecule has 7 nitrogen and oxygen atoms in total. The third-order valence-electron chi connectivity index (χ3n) is 6.59. The zero-order chi connectivity index (χ0) is 26.6. The average Bonchev–Trinajstić information content (AvgIpc) is 2.91. The van der Waals surface area contributed by atoms with Crippen molar-refractivity contribution in [2.24, 2.45) is 0 Å². The van der Waals surface area contributed by atoms with Gasteiger partial charge in [0.05, 0.1) is 12.2 Å². The second kappa shape index (κ2) is 11.0. The quantitative estimate of drug-likeness (QED) is 0.333. The van der Waals surface area contributed by atoms with E-state index in [1.165, 1.54) is 4.90 Å². The van der Waals surface area contributed by atoms with Gasteiger partial charge in [-0.25, -0.2) is 4.79 Å². The normalized spacial score (nSPS) is 17.2. The molecule has 0 spiro atoms. The summed E-state index contributed by atoms with van der Waals surface area (Å²) in [5.41, 5.74) is 1.37. The lowest BCUT2D eigenvalue weighted by atomic mass is 9.83. The smallest absolute Gasteiger partial charge is 0.338 e. The van der Waals surface area contributed by atoms with Gasteiger partial charge < -0.3 is 4.74 Å². The first-order chi connectivity index (χ1) is 17.8. The van der Waals surface area contributed by atoms with Crippen molar-refractivity contribution in [2.75, 3.05) is 11.5 Å². The fourth-order valence-electron chi connectivity index (χ4n) is 4.59. The van der Waals surface area contributed by atoms with Crippen molar-refractivity contribution in [3.63, 3.8) is 0 Å². The molecule has 37 heavy (non-hydrogen) atoms. The van der Waals surface area contributed by atoms with Crippen LogP contribution in [-0.2, 0) is 14.3 Å². The summed E-state index contributed by atoms with van der Waals surface area (Å²) in [6.07, 6.45) is 0.669. The van der Waals surface area contributed by atoms with Gasteiger partial charge in [-0.15, -0.1) is 0 Å². The molecule has 0 bridgehead atoms. The first-order valence-electron chi connectivity index (χ1n) is 12.1. The lowest BCUT2D eigenvalue weighted by Gasteiger charge is -2.44. The van der Waals surface area contributed by atoms with Crippen molar-refractivity contribution in [1.29, 1.82) is 0 Å². The third kappa shape index (κ3) is 5.13. The Balaban J connectivity index is 1.76. The summed E-state index contributed by atoms with van der Waals surface area (Å²) < 4.78 is 5.04. The van der Waals surface area contributed by atoms with E-state index in [-0.39, 0.29) is 25.4 Å². The molecule has 3 aromatic carbocycles. The van der Waals surface area contributed by atoms with E-state index in [1.54, 1.807) is 73.7 Å². The molecule has 1 atom stereocenters. The molecule has 1 saturated heterocycles. The number of imide groups is 1. The number of anilines is 1. The van der Waals surface area contributed by atoms with Crippen molar-refractivity contribution in [3.8, 4) is 11.1 Å². The predicted molar refractivity (Wildman–Crippen MR) is 142 cm³/mol. The Morgan fingerprint density at radius 3 is 2.27 bits per heavy atom. The molecule has 1 fully saturated rings. The maximum atomic E-state index is 14.1. The van der Waals surface area contributed by atoms with Gasteiger partial charge in [0.2, 0.25) is 5.91 Å². The zero-order valence-electron chi connectivity index (χ0n) is 20.6. The topological polar surface area (TPSA) is 92.8 Å². The Morgan fingerprint density at radius 2 is 1.65 bits per heavy atom. The van der Waals surface area contributed by atoms with Crippen LogP contribution in [0.4, 0.5) is 5.69 Å². The maximum absolute atomic E-state index is 14.1. The molecule has 1 N–H and O–H groups in total. The van der Waals surface area contributed by atoms with E-state index >= 15 is 0 Å². The van der Waals surface area contributed by atoms with E-state index in [1.807, 2.05) is 13.0 Å². The highest BCUT2D eigenvalue weighted by atomic mass is 35.5. The molecule has 1 unspecified atom stereocenters. The summed E-state index contributed by atoms with van der Waals surface area (Å²) >= 11 is 6.51. The van der Waals surface area contributed by atoms with Crippen molar-refractivity contribution >= 4 is 41.0 Å². The van der Waals surface area contributed by atoms with Crippen LogP contribution in [0.3, 0.4) is 0 Å².